The van der Waals surface area contributed by atoms with E-state index < -0.39 is 0 Å². The third-order valence-electron chi connectivity index (χ3n) is 2.97. The largest absolute Gasteiger partial charge is 0.335 e. The highest BCUT2D eigenvalue weighted by Gasteiger charge is 2.07. The van der Waals surface area contributed by atoms with Crippen molar-refractivity contribution in [3.05, 3.63) is 29.8 Å². The van der Waals surface area contributed by atoms with Crippen LogP contribution in [0.1, 0.15) is 32.4 Å². The van der Waals surface area contributed by atoms with Crippen molar-refractivity contribution in [1.29, 1.82) is 0 Å². The van der Waals surface area contributed by atoms with Gasteiger partial charge < -0.3 is 16.0 Å². The van der Waals surface area contributed by atoms with E-state index in [1.54, 1.807) is 11.8 Å². The number of hydrogen-bond donors (Lipinski definition) is 3. The van der Waals surface area contributed by atoms with Crippen molar-refractivity contribution in [2.24, 2.45) is 0 Å². The molecule has 0 aliphatic carbocycles. The van der Waals surface area contributed by atoms with Crippen LogP contribution in [-0.4, -0.2) is 30.6 Å². The molecule has 5 heteroatoms. The fourth-order valence-electron chi connectivity index (χ4n) is 1.96. The highest BCUT2D eigenvalue weighted by Crippen LogP contribution is 2.15. The summed E-state index contributed by atoms with van der Waals surface area (Å²) in [7, 11) is 0. The molecule has 0 radical (unpaired) electrons. The molecule has 3 N–H and O–H groups in total. The van der Waals surface area contributed by atoms with Gasteiger partial charge in [-0.15, -0.1) is 0 Å². The molecule has 2 amide bonds. The predicted molar refractivity (Wildman–Crippen MR) is 88.5 cm³/mol. The average molecular weight is 295 g/mol. The molecule has 1 aromatic rings. The first-order valence-electron chi connectivity index (χ1n) is 6.96. The Kier molecular flexibility index (Phi) is 7.47. The second-order valence-electron chi connectivity index (χ2n) is 4.86. The van der Waals surface area contributed by atoms with Gasteiger partial charge in [0.2, 0.25) is 0 Å². The zero-order valence-corrected chi connectivity index (χ0v) is 13.5. The van der Waals surface area contributed by atoms with Gasteiger partial charge in [0.05, 0.1) is 0 Å². The normalized spacial score (nSPS) is 13.6. The van der Waals surface area contributed by atoms with E-state index >= 15 is 0 Å². The molecule has 0 saturated carbocycles. The molecule has 0 saturated heterocycles. The Morgan fingerprint density at radius 1 is 1.25 bits per heavy atom. The van der Waals surface area contributed by atoms with E-state index in [0.29, 0.717) is 6.04 Å². The Balaban J connectivity index is 2.50. The fraction of sp³-hybridized carbons (Fsp3) is 0.533. The first-order valence-corrected chi connectivity index (χ1v) is 8.36. The first-order chi connectivity index (χ1) is 9.56. The monoisotopic (exact) mass is 295 g/mol. The Morgan fingerprint density at radius 2 is 1.90 bits per heavy atom. The fourth-order valence-corrected chi connectivity index (χ4v) is 2.55. The maximum Gasteiger partial charge on any atom is 0.319 e. The van der Waals surface area contributed by atoms with Crippen molar-refractivity contribution in [3.8, 4) is 0 Å². The lowest BCUT2D eigenvalue weighted by Crippen LogP contribution is -2.37. The van der Waals surface area contributed by atoms with Gasteiger partial charge in [-0.3, -0.25) is 0 Å². The number of thioether (sulfide) groups is 1. The summed E-state index contributed by atoms with van der Waals surface area (Å²) < 4.78 is 0. The van der Waals surface area contributed by atoms with Crippen LogP contribution < -0.4 is 16.0 Å². The minimum absolute atomic E-state index is 0.154. The maximum absolute atomic E-state index is 11.8. The number of amides is 2. The van der Waals surface area contributed by atoms with Crippen LogP contribution in [-0.2, 0) is 0 Å². The number of hydrogen-bond acceptors (Lipinski definition) is 3. The van der Waals surface area contributed by atoms with Gasteiger partial charge in [-0.1, -0.05) is 19.1 Å². The molecule has 0 spiro atoms. The zero-order valence-electron chi connectivity index (χ0n) is 12.7. The van der Waals surface area contributed by atoms with E-state index in [4.69, 9.17) is 0 Å². The van der Waals surface area contributed by atoms with Crippen LogP contribution in [0.25, 0.3) is 0 Å². The molecule has 1 aromatic carbocycles. The van der Waals surface area contributed by atoms with Crippen molar-refractivity contribution in [1.82, 2.24) is 10.6 Å². The molecule has 4 nitrogen and oxygen atoms in total. The van der Waals surface area contributed by atoms with Crippen molar-refractivity contribution in [3.63, 3.8) is 0 Å². The van der Waals surface area contributed by atoms with E-state index in [1.807, 2.05) is 37.4 Å². The van der Waals surface area contributed by atoms with Crippen LogP contribution >= 0.6 is 11.8 Å². The molecule has 0 aliphatic heterocycles. The van der Waals surface area contributed by atoms with Crippen LogP contribution in [0.2, 0.25) is 0 Å². The number of carbonyl (C=O) groups excluding carboxylic acids is 1. The maximum atomic E-state index is 11.8. The lowest BCUT2D eigenvalue weighted by Gasteiger charge is -2.15. The zero-order chi connectivity index (χ0) is 15.0. The summed E-state index contributed by atoms with van der Waals surface area (Å²) in [5, 5.41) is 9.11. The summed E-state index contributed by atoms with van der Waals surface area (Å²) >= 11 is 1.72. The molecule has 20 heavy (non-hydrogen) atoms. The standard InChI is InChI=1S/C15H25N3OS/c1-5-16-12(3)13-6-8-14(9-7-13)18-15(19)17-11(2)10-20-4/h6-9,11-12,16H,5,10H2,1-4H3,(H2,17,18,19). The molecule has 1 rings (SSSR count). The summed E-state index contributed by atoms with van der Waals surface area (Å²) in [6.45, 7) is 7.16. The van der Waals surface area contributed by atoms with Crippen LogP contribution in [0, 0.1) is 0 Å². The molecule has 112 valence electrons. The average Bonchev–Trinajstić information content (AvgIpc) is 2.39. The van der Waals surface area contributed by atoms with Gasteiger partial charge in [0.15, 0.2) is 0 Å². The first kappa shape index (κ1) is 16.9. The molecule has 0 bridgehead atoms. The predicted octanol–water partition coefficient (Wildman–Crippen LogP) is 3.23. The van der Waals surface area contributed by atoms with Crippen molar-refractivity contribution < 1.29 is 4.79 Å². The third kappa shape index (κ3) is 5.84. The SMILES string of the molecule is CCNC(C)c1ccc(NC(=O)NC(C)CSC)cc1. The van der Waals surface area contributed by atoms with Crippen molar-refractivity contribution >= 4 is 23.5 Å². The molecule has 0 aliphatic rings. The quantitative estimate of drug-likeness (QED) is 0.724. The van der Waals surface area contributed by atoms with Gasteiger partial charge in [-0.05, 0) is 44.3 Å². The van der Waals surface area contributed by atoms with Gasteiger partial charge in [-0.25, -0.2) is 4.79 Å². The van der Waals surface area contributed by atoms with Crippen LogP contribution in [0.3, 0.4) is 0 Å². The Bertz CT molecular complexity index is 408. The molecule has 0 fully saturated rings. The Hall–Kier alpha value is -1.20. The van der Waals surface area contributed by atoms with Gasteiger partial charge >= 0.3 is 6.03 Å². The third-order valence-corrected chi connectivity index (χ3v) is 3.81. The summed E-state index contributed by atoms with van der Waals surface area (Å²) in [5.74, 6) is 0.909. The second-order valence-corrected chi connectivity index (χ2v) is 5.77. The number of urea groups is 1. The highest BCUT2D eigenvalue weighted by molar-refractivity contribution is 7.98. The summed E-state index contributed by atoms with van der Waals surface area (Å²) in [6.07, 6.45) is 2.03. The van der Waals surface area contributed by atoms with Crippen LogP contribution in [0.15, 0.2) is 24.3 Å². The number of rotatable bonds is 7. The summed E-state index contributed by atoms with van der Waals surface area (Å²) in [5.41, 5.74) is 2.03. The minimum Gasteiger partial charge on any atom is -0.335 e. The highest BCUT2D eigenvalue weighted by atomic mass is 32.2. The number of anilines is 1. The second kappa shape index (κ2) is 8.87. The summed E-state index contributed by atoms with van der Waals surface area (Å²) in [6, 6.07) is 8.27. The van der Waals surface area contributed by atoms with E-state index in [1.165, 1.54) is 5.56 Å². The lowest BCUT2D eigenvalue weighted by atomic mass is 10.1. The van der Waals surface area contributed by atoms with Gasteiger partial charge in [0.1, 0.15) is 0 Å². The molecule has 0 heterocycles. The number of benzene rings is 1. The Morgan fingerprint density at radius 3 is 2.45 bits per heavy atom. The topological polar surface area (TPSA) is 53.2 Å². The number of carbonyl (C=O) groups is 1. The van der Waals surface area contributed by atoms with E-state index in [9.17, 15) is 4.79 Å². The van der Waals surface area contributed by atoms with Crippen LogP contribution in [0.4, 0.5) is 10.5 Å². The Labute approximate surface area is 126 Å². The van der Waals surface area contributed by atoms with Gasteiger partial charge in [-0.2, -0.15) is 11.8 Å². The smallest absolute Gasteiger partial charge is 0.319 e. The summed E-state index contributed by atoms with van der Waals surface area (Å²) in [4.78, 5) is 11.8. The van der Waals surface area contributed by atoms with E-state index in [0.717, 1.165) is 18.0 Å². The molecule has 2 unspecified atom stereocenters. The molecular formula is C15H25N3OS. The molecule has 0 aromatic heterocycles. The van der Waals surface area contributed by atoms with Crippen molar-refractivity contribution in [2.45, 2.75) is 32.9 Å². The minimum atomic E-state index is -0.154. The molecule has 2 atom stereocenters. The van der Waals surface area contributed by atoms with Crippen LogP contribution in [0.5, 0.6) is 0 Å². The molecular weight excluding hydrogens is 270 g/mol. The van der Waals surface area contributed by atoms with E-state index in [2.05, 4.69) is 29.8 Å². The van der Waals surface area contributed by atoms with Gasteiger partial charge in [0.25, 0.3) is 0 Å². The van der Waals surface area contributed by atoms with Crippen molar-refractivity contribution in [2.75, 3.05) is 23.9 Å². The van der Waals surface area contributed by atoms with E-state index in [-0.39, 0.29) is 12.1 Å². The van der Waals surface area contributed by atoms with Gasteiger partial charge in [0, 0.05) is 23.5 Å². The number of nitrogens with one attached hydrogen (secondary N) is 3. The lowest BCUT2D eigenvalue weighted by molar-refractivity contribution is 0.250.